The quantitative estimate of drug-likeness (QED) is 0.776. The van der Waals surface area contributed by atoms with Crippen LogP contribution in [0.3, 0.4) is 0 Å². The Hall–Kier alpha value is -1.05. The molecule has 1 aromatic rings. The van der Waals surface area contributed by atoms with Gasteiger partial charge in [0, 0.05) is 6.20 Å². The summed E-state index contributed by atoms with van der Waals surface area (Å²) >= 11 is 0. The van der Waals surface area contributed by atoms with Crippen molar-refractivity contribution < 1.29 is 17.9 Å². The molecule has 0 bridgehead atoms. The van der Waals surface area contributed by atoms with Crippen LogP contribution in [0.5, 0.6) is 0 Å². The number of primary sulfonamides is 1. The number of hydrogen-bond donors (Lipinski definition) is 2. The molecule has 84 valence electrons. The molecule has 0 aromatic carbocycles. The highest BCUT2D eigenvalue weighted by Gasteiger charge is 2.24. The number of halogens is 1. The fraction of sp³-hybridized carbons (Fsp3) is 0.375. The van der Waals surface area contributed by atoms with Crippen molar-refractivity contribution in [1.82, 2.24) is 4.98 Å². The van der Waals surface area contributed by atoms with Gasteiger partial charge in [0.25, 0.3) is 0 Å². The van der Waals surface area contributed by atoms with Gasteiger partial charge in [0.2, 0.25) is 10.0 Å². The molecule has 0 spiro atoms. The van der Waals surface area contributed by atoms with Crippen LogP contribution in [0, 0.1) is 0 Å². The summed E-state index contributed by atoms with van der Waals surface area (Å²) in [5.41, 5.74) is -0.269. The molecule has 5 nitrogen and oxygen atoms in total. The van der Waals surface area contributed by atoms with E-state index in [9.17, 15) is 17.9 Å². The molecule has 3 N–H and O–H groups in total. The highest BCUT2D eigenvalue weighted by Crippen LogP contribution is 2.22. The zero-order valence-corrected chi connectivity index (χ0v) is 8.78. The first-order chi connectivity index (χ1) is 6.84. The van der Waals surface area contributed by atoms with Crippen molar-refractivity contribution in [2.75, 3.05) is 0 Å². The lowest BCUT2D eigenvalue weighted by Gasteiger charge is -2.13. The number of alkyl halides is 1. The molecule has 0 aliphatic carbocycles. The number of aliphatic hydroxyl groups excluding tert-OH is 1. The van der Waals surface area contributed by atoms with Crippen LogP contribution in [-0.4, -0.2) is 24.7 Å². The maximum atomic E-state index is 12.8. The van der Waals surface area contributed by atoms with Gasteiger partial charge in [0.1, 0.15) is 17.2 Å². The Labute approximate surface area is 86.8 Å². The van der Waals surface area contributed by atoms with Gasteiger partial charge < -0.3 is 5.11 Å². The maximum absolute atomic E-state index is 12.8. The highest BCUT2D eigenvalue weighted by molar-refractivity contribution is 7.89. The first kappa shape index (κ1) is 12.0. The van der Waals surface area contributed by atoms with Crippen molar-refractivity contribution in [3.63, 3.8) is 0 Å². The minimum absolute atomic E-state index is 0.269. The van der Waals surface area contributed by atoms with E-state index in [0.29, 0.717) is 0 Å². The first-order valence-corrected chi connectivity index (χ1v) is 5.68. The average Bonchev–Trinajstić information content (AvgIpc) is 2.15. The van der Waals surface area contributed by atoms with Gasteiger partial charge in [-0.3, -0.25) is 4.98 Å². The van der Waals surface area contributed by atoms with Crippen LogP contribution < -0.4 is 5.14 Å². The second kappa shape index (κ2) is 4.21. The molecule has 2 atom stereocenters. The summed E-state index contributed by atoms with van der Waals surface area (Å²) in [5.74, 6) is 0. The lowest BCUT2D eigenvalue weighted by atomic mass is 10.1. The normalized spacial score (nSPS) is 16.0. The summed E-state index contributed by atoms with van der Waals surface area (Å²) in [7, 11) is -4.00. The van der Waals surface area contributed by atoms with E-state index in [2.05, 4.69) is 4.98 Å². The molecule has 0 saturated heterocycles. The summed E-state index contributed by atoms with van der Waals surface area (Å²) in [6, 6.07) is 2.52. The fourth-order valence-corrected chi connectivity index (χ4v) is 1.82. The third-order valence-corrected chi connectivity index (χ3v) is 2.78. The SMILES string of the molecule is CC(F)C(O)c1ncccc1S(N)(=O)=O. The van der Waals surface area contributed by atoms with Gasteiger partial charge in [-0.1, -0.05) is 0 Å². The van der Waals surface area contributed by atoms with E-state index in [0.717, 1.165) is 6.92 Å². The largest absolute Gasteiger partial charge is 0.384 e. The van der Waals surface area contributed by atoms with Crippen molar-refractivity contribution in [2.45, 2.75) is 24.1 Å². The van der Waals surface area contributed by atoms with Crippen LogP contribution in [0.15, 0.2) is 23.2 Å². The maximum Gasteiger partial charge on any atom is 0.239 e. The molecule has 0 aliphatic heterocycles. The number of nitrogens with two attached hydrogens (primary N) is 1. The molecule has 1 aromatic heterocycles. The van der Waals surface area contributed by atoms with Crippen LogP contribution in [0.25, 0.3) is 0 Å². The lowest BCUT2D eigenvalue weighted by molar-refractivity contribution is 0.0821. The standard InChI is InChI=1S/C8H11FN2O3S/c1-5(9)8(12)7-6(15(10,13)14)3-2-4-11-7/h2-5,8,12H,1H3,(H2,10,13,14). The molecule has 7 heteroatoms. The monoisotopic (exact) mass is 234 g/mol. The van der Waals surface area contributed by atoms with Crippen LogP contribution in [0.2, 0.25) is 0 Å². The average molecular weight is 234 g/mol. The summed E-state index contributed by atoms with van der Waals surface area (Å²) in [5, 5.41) is 14.3. The molecule has 0 aliphatic rings. The van der Waals surface area contributed by atoms with Gasteiger partial charge in [-0.25, -0.2) is 17.9 Å². The third-order valence-electron chi connectivity index (χ3n) is 1.82. The van der Waals surface area contributed by atoms with Crippen LogP contribution >= 0.6 is 0 Å². The Bertz CT molecular complexity index is 447. The van der Waals surface area contributed by atoms with Crippen molar-refractivity contribution in [2.24, 2.45) is 5.14 Å². The summed E-state index contributed by atoms with van der Waals surface area (Å²) in [4.78, 5) is 3.26. The molecule has 0 saturated carbocycles. The van der Waals surface area contributed by atoms with Crippen molar-refractivity contribution >= 4 is 10.0 Å². The number of nitrogens with zero attached hydrogens (tertiary/aromatic N) is 1. The number of aromatic nitrogens is 1. The summed E-state index contributed by atoms with van der Waals surface area (Å²) < 4.78 is 35.0. The second-order valence-electron chi connectivity index (χ2n) is 3.05. The number of hydrogen-bond acceptors (Lipinski definition) is 4. The van der Waals surface area contributed by atoms with Gasteiger partial charge in [-0.05, 0) is 19.1 Å². The minimum Gasteiger partial charge on any atom is -0.384 e. The van der Waals surface area contributed by atoms with Crippen LogP contribution in [0.4, 0.5) is 4.39 Å². The Morgan fingerprint density at radius 3 is 2.67 bits per heavy atom. The van der Waals surface area contributed by atoms with E-state index >= 15 is 0 Å². The van der Waals surface area contributed by atoms with Crippen molar-refractivity contribution in [3.05, 3.63) is 24.0 Å². The minimum atomic E-state index is -4.00. The Morgan fingerprint density at radius 1 is 1.60 bits per heavy atom. The zero-order valence-electron chi connectivity index (χ0n) is 7.96. The van der Waals surface area contributed by atoms with Crippen molar-refractivity contribution in [3.8, 4) is 0 Å². The molecule has 2 unspecified atom stereocenters. The number of rotatable bonds is 3. The van der Waals surface area contributed by atoms with E-state index < -0.39 is 22.3 Å². The van der Waals surface area contributed by atoms with Gasteiger partial charge in [-0.15, -0.1) is 0 Å². The highest BCUT2D eigenvalue weighted by atomic mass is 32.2. The van der Waals surface area contributed by atoms with Crippen LogP contribution in [-0.2, 0) is 10.0 Å². The van der Waals surface area contributed by atoms with E-state index in [4.69, 9.17) is 5.14 Å². The zero-order chi connectivity index (χ0) is 11.6. The predicted octanol–water partition coefficient (Wildman–Crippen LogP) is 0.120. The molecular weight excluding hydrogens is 223 g/mol. The molecule has 0 amide bonds. The smallest absolute Gasteiger partial charge is 0.239 e. The number of pyridine rings is 1. The molecule has 1 heterocycles. The molecule has 0 radical (unpaired) electrons. The Morgan fingerprint density at radius 2 is 2.20 bits per heavy atom. The number of aliphatic hydroxyl groups is 1. The molecular formula is C8H11FN2O3S. The predicted molar refractivity (Wildman–Crippen MR) is 51.1 cm³/mol. The van der Waals surface area contributed by atoms with E-state index in [1.165, 1.54) is 18.3 Å². The summed E-state index contributed by atoms with van der Waals surface area (Å²) in [6.45, 7) is 1.10. The number of sulfonamides is 1. The summed E-state index contributed by atoms with van der Waals surface area (Å²) in [6.07, 6.45) is -1.96. The van der Waals surface area contributed by atoms with Gasteiger partial charge in [0.15, 0.2) is 0 Å². The van der Waals surface area contributed by atoms with Gasteiger partial charge in [0.05, 0.1) is 5.69 Å². The molecule has 15 heavy (non-hydrogen) atoms. The van der Waals surface area contributed by atoms with E-state index in [-0.39, 0.29) is 10.6 Å². The van der Waals surface area contributed by atoms with E-state index in [1.807, 2.05) is 0 Å². The molecule has 0 fully saturated rings. The fourth-order valence-electron chi connectivity index (χ4n) is 1.08. The topological polar surface area (TPSA) is 93.3 Å². The third kappa shape index (κ3) is 2.71. The van der Waals surface area contributed by atoms with Crippen LogP contribution in [0.1, 0.15) is 18.7 Å². The lowest BCUT2D eigenvalue weighted by Crippen LogP contribution is -2.20. The van der Waals surface area contributed by atoms with E-state index in [1.54, 1.807) is 0 Å². The van der Waals surface area contributed by atoms with Crippen molar-refractivity contribution in [1.29, 1.82) is 0 Å². The van der Waals surface area contributed by atoms with Gasteiger partial charge in [-0.2, -0.15) is 0 Å². The first-order valence-electron chi connectivity index (χ1n) is 4.14. The Balaban J connectivity index is 3.31. The molecule has 1 rings (SSSR count). The Kier molecular flexibility index (Phi) is 3.38. The van der Waals surface area contributed by atoms with Gasteiger partial charge >= 0.3 is 0 Å². The second-order valence-corrected chi connectivity index (χ2v) is 4.58.